The molecule has 4 nitrogen and oxygen atoms in total. The summed E-state index contributed by atoms with van der Waals surface area (Å²) in [7, 11) is 0. The Hall–Kier alpha value is -1.79. The van der Waals surface area contributed by atoms with Crippen molar-refractivity contribution < 1.29 is 23.1 Å². The lowest BCUT2D eigenvalue weighted by molar-refractivity contribution is -0.139. The van der Waals surface area contributed by atoms with Gasteiger partial charge in [-0.2, -0.15) is 13.2 Å². The van der Waals surface area contributed by atoms with Crippen LogP contribution in [-0.2, 0) is 17.5 Å². The Morgan fingerprint density at radius 2 is 2.17 bits per heavy atom. The second-order valence-corrected chi connectivity index (χ2v) is 4.34. The van der Waals surface area contributed by atoms with Gasteiger partial charge in [-0.05, 0) is 18.4 Å². The molecule has 0 spiro atoms. The van der Waals surface area contributed by atoms with Crippen LogP contribution in [-0.4, -0.2) is 15.6 Å². The van der Waals surface area contributed by atoms with Crippen molar-refractivity contribution in [1.82, 2.24) is 4.57 Å². The molecule has 0 radical (unpaired) electrons. The van der Waals surface area contributed by atoms with E-state index in [0.29, 0.717) is 12.5 Å². The van der Waals surface area contributed by atoms with Crippen LogP contribution in [0, 0.1) is 11.8 Å². The van der Waals surface area contributed by atoms with Crippen molar-refractivity contribution in [2.45, 2.75) is 19.1 Å². The van der Waals surface area contributed by atoms with E-state index >= 15 is 0 Å². The molecule has 0 amide bonds. The van der Waals surface area contributed by atoms with Crippen molar-refractivity contribution in [3.05, 3.63) is 34.2 Å². The van der Waals surface area contributed by atoms with E-state index in [-0.39, 0.29) is 12.5 Å². The number of carbonyl (C=O) groups is 1. The highest BCUT2D eigenvalue weighted by Gasteiger charge is 2.43. The van der Waals surface area contributed by atoms with E-state index in [1.54, 1.807) is 0 Å². The van der Waals surface area contributed by atoms with Crippen molar-refractivity contribution in [3.63, 3.8) is 0 Å². The Balaban J connectivity index is 2.12. The minimum absolute atomic E-state index is 0.147. The van der Waals surface area contributed by atoms with Gasteiger partial charge in [0.25, 0.3) is 5.56 Å². The van der Waals surface area contributed by atoms with Gasteiger partial charge in [0.2, 0.25) is 0 Å². The number of aromatic nitrogens is 1. The number of alkyl halides is 3. The van der Waals surface area contributed by atoms with Crippen molar-refractivity contribution in [2.75, 3.05) is 0 Å². The quantitative estimate of drug-likeness (QED) is 0.898. The summed E-state index contributed by atoms with van der Waals surface area (Å²) < 4.78 is 38.1. The molecule has 2 atom stereocenters. The number of carboxylic acids is 1. The topological polar surface area (TPSA) is 59.3 Å². The monoisotopic (exact) mass is 261 g/mol. The predicted octanol–water partition coefficient (Wildman–Crippen LogP) is 1.59. The highest BCUT2D eigenvalue weighted by Crippen LogP contribution is 2.39. The molecule has 1 aromatic rings. The summed E-state index contributed by atoms with van der Waals surface area (Å²) in [5.74, 6) is -1.59. The van der Waals surface area contributed by atoms with Gasteiger partial charge in [-0.3, -0.25) is 9.59 Å². The number of hydrogen-bond acceptors (Lipinski definition) is 2. The molecular weight excluding hydrogens is 251 g/mol. The van der Waals surface area contributed by atoms with Crippen molar-refractivity contribution in [1.29, 1.82) is 0 Å². The molecule has 1 fully saturated rings. The zero-order valence-corrected chi connectivity index (χ0v) is 9.15. The Bertz CT molecular complexity index is 535. The predicted molar refractivity (Wildman–Crippen MR) is 54.9 cm³/mol. The molecule has 2 rings (SSSR count). The minimum atomic E-state index is -4.54. The molecule has 18 heavy (non-hydrogen) atoms. The van der Waals surface area contributed by atoms with Crippen LogP contribution in [0.25, 0.3) is 0 Å². The number of halogens is 3. The lowest BCUT2D eigenvalue weighted by Gasteiger charge is -2.08. The van der Waals surface area contributed by atoms with E-state index in [1.165, 1.54) is 0 Å². The van der Waals surface area contributed by atoms with Gasteiger partial charge in [-0.1, -0.05) is 0 Å². The number of pyridine rings is 1. The number of aliphatic carboxylic acids is 1. The standard InChI is InChI=1S/C11H10F3NO3/c12-11(13,14)7-1-2-15(9(16)4-7)5-6-3-8(6)10(17)18/h1-2,4,6,8H,3,5H2,(H,17,18)/t6-,8+/m0/s1. The fraction of sp³-hybridized carbons (Fsp3) is 0.455. The maximum absolute atomic E-state index is 12.3. The van der Waals surface area contributed by atoms with E-state index in [4.69, 9.17) is 5.11 Å². The Kier molecular flexibility index (Phi) is 2.92. The van der Waals surface area contributed by atoms with E-state index in [9.17, 15) is 22.8 Å². The van der Waals surface area contributed by atoms with Crippen LogP contribution >= 0.6 is 0 Å². The number of carboxylic acid groups (broad SMARTS) is 1. The van der Waals surface area contributed by atoms with Crippen molar-refractivity contribution >= 4 is 5.97 Å². The second kappa shape index (κ2) is 4.15. The minimum Gasteiger partial charge on any atom is -0.481 e. The zero-order valence-electron chi connectivity index (χ0n) is 9.15. The molecule has 7 heteroatoms. The van der Waals surface area contributed by atoms with Crippen LogP contribution in [0.4, 0.5) is 13.2 Å². The average molecular weight is 261 g/mol. The first-order chi connectivity index (χ1) is 8.29. The van der Waals surface area contributed by atoms with Crippen molar-refractivity contribution in [2.24, 2.45) is 11.8 Å². The smallest absolute Gasteiger partial charge is 0.416 e. The Morgan fingerprint density at radius 1 is 1.50 bits per heavy atom. The van der Waals surface area contributed by atoms with Gasteiger partial charge in [-0.15, -0.1) is 0 Å². The third-order valence-corrected chi connectivity index (χ3v) is 2.99. The van der Waals surface area contributed by atoms with E-state index < -0.39 is 29.2 Å². The van der Waals surface area contributed by atoms with Crippen LogP contribution in [0.15, 0.2) is 23.1 Å². The lowest BCUT2D eigenvalue weighted by atomic mass is 10.2. The summed E-state index contributed by atoms with van der Waals surface area (Å²) in [6, 6.07) is 1.34. The van der Waals surface area contributed by atoms with E-state index in [2.05, 4.69) is 0 Å². The van der Waals surface area contributed by atoms with Gasteiger partial charge in [0.1, 0.15) is 0 Å². The van der Waals surface area contributed by atoms with Gasteiger partial charge in [0, 0.05) is 18.8 Å². The van der Waals surface area contributed by atoms with Gasteiger partial charge < -0.3 is 9.67 Å². The van der Waals surface area contributed by atoms with Gasteiger partial charge in [0.15, 0.2) is 0 Å². The van der Waals surface area contributed by atoms with Gasteiger partial charge >= 0.3 is 12.1 Å². The van der Waals surface area contributed by atoms with Gasteiger partial charge in [0.05, 0.1) is 11.5 Å². The fourth-order valence-corrected chi connectivity index (χ4v) is 1.84. The Morgan fingerprint density at radius 3 is 2.61 bits per heavy atom. The molecule has 0 aliphatic heterocycles. The van der Waals surface area contributed by atoms with E-state index in [1.807, 2.05) is 0 Å². The second-order valence-electron chi connectivity index (χ2n) is 4.34. The molecule has 98 valence electrons. The largest absolute Gasteiger partial charge is 0.481 e. The van der Waals surface area contributed by atoms with Crippen LogP contribution in [0.5, 0.6) is 0 Å². The molecule has 0 unspecified atom stereocenters. The molecule has 1 N–H and O–H groups in total. The first-order valence-electron chi connectivity index (χ1n) is 5.29. The van der Waals surface area contributed by atoms with Crippen LogP contribution < -0.4 is 5.56 Å². The molecule has 0 bridgehead atoms. The number of hydrogen-bond donors (Lipinski definition) is 1. The fourth-order valence-electron chi connectivity index (χ4n) is 1.84. The summed E-state index contributed by atoms with van der Waals surface area (Å²) in [5, 5.41) is 8.69. The van der Waals surface area contributed by atoms with E-state index in [0.717, 1.165) is 16.8 Å². The summed E-state index contributed by atoms with van der Waals surface area (Å²) in [6.07, 6.45) is -3.02. The molecule has 0 saturated heterocycles. The summed E-state index contributed by atoms with van der Waals surface area (Å²) >= 11 is 0. The van der Waals surface area contributed by atoms with Crippen LogP contribution in [0.3, 0.4) is 0 Å². The maximum Gasteiger partial charge on any atom is 0.416 e. The molecule has 1 saturated carbocycles. The molecule has 1 aliphatic carbocycles. The number of nitrogens with zero attached hydrogens (tertiary/aromatic N) is 1. The summed E-state index contributed by atoms with van der Waals surface area (Å²) in [4.78, 5) is 22.0. The normalized spacial score (nSPS) is 22.8. The zero-order chi connectivity index (χ0) is 13.5. The molecular formula is C11H10F3NO3. The molecule has 1 aromatic heterocycles. The maximum atomic E-state index is 12.3. The average Bonchev–Trinajstić information content (AvgIpc) is 2.99. The third kappa shape index (κ3) is 2.55. The SMILES string of the molecule is O=C(O)[C@@H]1C[C@H]1Cn1ccc(C(F)(F)F)cc1=O. The van der Waals surface area contributed by atoms with Crippen molar-refractivity contribution in [3.8, 4) is 0 Å². The molecule has 1 aliphatic rings. The number of rotatable bonds is 3. The third-order valence-electron chi connectivity index (χ3n) is 2.99. The first kappa shape index (κ1) is 12.7. The highest BCUT2D eigenvalue weighted by molar-refractivity contribution is 5.73. The van der Waals surface area contributed by atoms with Crippen LogP contribution in [0.2, 0.25) is 0 Å². The molecule has 1 heterocycles. The highest BCUT2D eigenvalue weighted by atomic mass is 19.4. The first-order valence-corrected chi connectivity index (χ1v) is 5.29. The Labute approximate surface area is 99.7 Å². The van der Waals surface area contributed by atoms with Gasteiger partial charge in [-0.25, -0.2) is 0 Å². The summed E-state index contributed by atoms with van der Waals surface area (Å²) in [5.41, 5.74) is -1.75. The molecule has 0 aromatic carbocycles. The van der Waals surface area contributed by atoms with Crippen LogP contribution in [0.1, 0.15) is 12.0 Å². The summed E-state index contributed by atoms with van der Waals surface area (Å²) in [6.45, 7) is 0.147. The lowest BCUT2D eigenvalue weighted by Crippen LogP contribution is -2.22.